The summed E-state index contributed by atoms with van der Waals surface area (Å²) in [6, 6.07) is 0. The molecule has 0 aliphatic carbocycles. The van der Waals surface area contributed by atoms with Crippen LogP contribution < -0.4 is 10.6 Å². The van der Waals surface area contributed by atoms with E-state index in [2.05, 4.69) is 24.5 Å². The Kier molecular flexibility index (Phi) is 1.15. The van der Waals surface area contributed by atoms with Crippen molar-refractivity contribution < 1.29 is 0 Å². The van der Waals surface area contributed by atoms with Gasteiger partial charge in [0.2, 0.25) is 0 Å². The van der Waals surface area contributed by atoms with Gasteiger partial charge in [-0.3, -0.25) is 0 Å². The number of nitrogens with one attached hydrogen (secondary N) is 2. The molecule has 2 N–H and O–H groups in total. The molecule has 0 unspecified atom stereocenters. The van der Waals surface area contributed by atoms with Gasteiger partial charge < -0.3 is 10.6 Å². The van der Waals surface area contributed by atoms with Gasteiger partial charge in [-0.05, 0) is 26.8 Å². The highest BCUT2D eigenvalue weighted by molar-refractivity contribution is 5.10. The van der Waals surface area contributed by atoms with Gasteiger partial charge in [-0.1, -0.05) is 0 Å². The highest BCUT2D eigenvalue weighted by atomic mass is 15.1. The Morgan fingerprint density at radius 1 is 1.20 bits per heavy atom. The highest BCUT2D eigenvalue weighted by Gasteiger charge is 2.52. The standard InChI is InChI=1S/C8H16N2/c1-7(2)8(3-4-10-7)5-9-6-8/h9-10H,3-6H2,1-2H3. The summed E-state index contributed by atoms with van der Waals surface area (Å²) < 4.78 is 0. The molecule has 2 heterocycles. The van der Waals surface area contributed by atoms with E-state index in [0.29, 0.717) is 11.0 Å². The fraction of sp³-hybridized carbons (Fsp3) is 1.00. The van der Waals surface area contributed by atoms with Crippen molar-refractivity contribution in [3.8, 4) is 0 Å². The average molecular weight is 140 g/mol. The molecular formula is C8H16N2. The van der Waals surface area contributed by atoms with Gasteiger partial charge in [0.25, 0.3) is 0 Å². The van der Waals surface area contributed by atoms with Crippen molar-refractivity contribution in [3.63, 3.8) is 0 Å². The maximum atomic E-state index is 3.55. The van der Waals surface area contributed by atoms with Gasteiger partial charge in [0.1, 0.15) is 0 Å². The van der Waals surface area contributed by atoms with Crippen LogP contribution in [0.5, 0.6) is 0 Å². The second-order valence-electron chi connectivity index (χ2n) is 4.19. The lowest BCUT2D eigenvalue weighted by Crippen LogP contribution is -2.63. The molecule has 2 heteroatoms. The molecule has 58 valence electrons. The summed E-state index contributed by atoms with van der Waals surface area (Å²) in [4.78, 5) is 0. The number of rotatable bonds is 0. The van der Waals surface area contributed by atoms with Gasteiger partial charge in [0.15, 0.2) is 0 Å². The first kappa shape index (κ1) is 6.62. The Morgan fingerprint density at radius 2 is 1.90 bits per heavy atom. The molecule has 10 heavy (non-hydrogen) atoms. The number of hydrogen-bond donors (Lipinski definition) is 2. The van der Waals surface area contributed by atoms with Crippen LogP contribution >= 0.6 is 0 Å². The van der Waals surface area contributed by atoms with E-state index < -0.39 is 0 Å². The Labute approximate surface area is 62.4 Å². The summed E-state index contributed by atoms with van der Waals surface area (Å²) in [5, 5.41) is 6.91. The lowest BCUT2D eigenvalue weighted by Gasteiger charge is -2.48. The van der Waals surface area contributed by atoms with Crippen molar-refractivity contribution in [1.29, 1.82) is 0 Å². The Morgan fingerprint density at radius 3 is 2.10 bits per heavy atom. The van der Waals surface area contributed by atoms with Crippen molar-refractivity contribution in [1.82, 2.24) is 10.6 Å². The fourth-order valence-electron chi connectivity index (χ4n) is 2.16. The highest BCUT2D eigenvalue weighted by Crippen LogP contribution is 2.42. The molecule has 0 saturated carbocycles. The van der Waals surface area contributed by atoms with Crippen molar-refractivity contribution >= 4 is 0 Å². The summed E-state index contributed by atoms with van der Waals surface area (Å²) in [6.45, 7) is 8.27. The SMILES string of the molecule is CC1(C)NCCC12CNC2. The third-order valence-electron chi connectivity index (χ3n) is 3.42. The molecule has 2 fully saturated rings. The van der Waals surface area contributed by atoms with Crippen LogP contribution in [0, 0.1) is 5.41 Å². The zero-order valence-corrected chi connectivity index (χ0v) is 6.83. The van der Waals surface area contributed by atoms with Crippen LogP contribution in [0.15, 0.2) is 0 Å². The average Bonchev–Trinajstić information content (AvgIpc) is 2.02. The van der Waals surface area contributed by atoms with Crippen LogP contribution in [-0.2, 0) is 0 Å². The lowest BCUT2D eigenvalue weighted by molar-refractivity contribution is 0.0920. The first-order valence-electron chi connectivity index (χ1n) is 4.12. The normalized spacial score (nSPS) is 34.2. The molecule has 2 saturated heterocycles. The van der Waals surface area contributed by atoms with E-state index in [1.165, 1.54) is 26.1 Å². The van der Waals surface area contributed by atoms with Crippen molar-refractivity contribution in [2.45, 2.75) is 25.8 Å². The van der Waals surface area contributed by atoms with Crippen LogP contribution in [0.1, 0.15) is 20.3 Å². The third-order valence-corrected chi connectivity index (χ3v) is 3.42. The minimum absolute atomic E-state index is 0.373. The second-order valence-corrected chi connectivity index (χ2v) is 4.19. The van der Waals surface area contributed by atoms with Crippen LogP contribution in [0.25, 0.3) is 0 Å². The molecule has 0 bridgehead atoms. The molecule has 1 spiro atoms. The maximum Gasteiger partial charge on any atom is 0.0206 e. The molecule has 0 atom stereocenters. The quantitative estimate of drug-likeness (QED) is 0.507. The summed E-state index contributed by atoms with van der Waals surface area (Å²) in [7, 11) is 0. The summed E-state index contributed by atoms with van der Waals surface area (Å²) >= 11 is 0. The van der Waals surface area contributed by atoms with E-state index in [0.717, 1.165) is 0 Å². The Hall–Kier alpha value is -0.0800. The van der Waals surface area contributed by atoms with Gasteiger partial charge in [-0.25, -0.2) is 0 Å². The minimum Gasteiger partial charge on any atom is -0.315 e. The van der Waals surface area contributed by atoms with E-state index >= 15 is 0 Å². The monoisotopic (exact) mass is 140 g/mol. The topological polar surface area (TPSA) is 24.1 Å². The van der Waals surface area contributed by atoms with Crippen LogP contribution in [0.4, 0.5) is 0 Å². The molecule has 2 aliphatic rings. The molecule has 0 radical (unpaired) electrons. The van der Waals surface area contributed by atoms with Gasteiger partial charge in [0, 0.05) is 24.0 Å². The predicted molar refractivity (Wildman–Crippen MR) is 42.0 cm³/mol. The van der Waals surface area contributed by atoms with Crippen molar-refractivity contribution in [2.24, 2.45) is 5.41 Å². The first-order valence-corrected chi connectivity index (χ1v) is 4.12. The largest absolute Gasteiger partial charge is 0.315 e. The molecule has 0 aromatic rings. The molecule has 2 nitrogen and oxygen atoms in total. The Balaban J connectivity index is 2.20. The fourth-order valence-corrected chi connectivity index (χ4v) is 2.16. The van der Waals surface area contributed by atoms with E-state index in [9.17, 15) is 0 Å². The van der Waals surface area contributed by atoms with Gasteiger partial charge >= 0.3 is 0 Å². The van der Waals surface area contributed by atoms with Gasteiger partial charge in [0.05, 0.1) is 0 Å². The van der Waals surface area contributed by atoms with E-state index in [4.69, 9.17) is 0 Å². The van der Waals surface area contributed by atoms with Crippen LogP contribution in [0.2, 0.25) is 0 Å². The van der Waals surface area contributed by atoms with Gasteiger partial charge in [-0.2, -0.15) is 0 Å². The van der Waals surface area contributed by atoms with Crippen LogP contribution in [-0.4, -0.2) is 25.2 Å². The molecule has 0 amide bonds. The third kappa shape index (κ3) is 0.611. The zero-order chi connectivity index (χ0) is 7.24. The van der Waals surface area contributed by atoms with Crippen molar-refractivity contribution in [2.75, 3.05) is 19.6 Å². The number of hydrogen-bond acceptors (Lipinski definition) is 2. The van der Waals surface area contributed by atoms with Crippen molar-refractivity contribution in [3.05, 3.63) is 0 Å². The molecule has 2 aliphatic heterocycles. The smallest absolute Gasteiger partial charge is 0.0206 e. The maximum absolute atomic E-state index is 3.55. The van der Waals surface area contributed by atoms with Crippen LogP contribution in [0.3, 0.4) is 0 Å². The molecular weight excluding hydrogens is 124 g/mol. The van der Waals surface area contributed by atoms with E-state index in [-0.39, 0.29) is 0 Å². The van der Waals surface area contributed by atoms with E-state index in [1.807, 2.05) is 0 Å². The molecule has 0 aromatic heterocycles. The summed E-state index contributed by atoms with van der Waals surface area (Å²) in [5.41, 5.74) is 0.964. The van der Waals surface area contributed by atoms with Gasteiger partial charge in [-0.15, -0.1) is 0 Å². The first-order chi connectivity index (χ1) is 4.66. The minimum atomic E-state index is 0.373. The Bertz CT molecular complexity index is 147. The summed E-state index contributed by atoms with van der Waals surface area (Å²) in [6.07, 6.45) is 1.35. The summed E-state index contributed by atoms with van der Waals surface area (Å²) in [5.74, 6) is 0. The molecule has 0 aromatic carbocycles. The molecule has 2 rings (SSSR count). The zero-order valence-electron chi connectivity index (χ0n) is 6.83. The predicted octanol–water partition coefficient (Wildman–Crippen LogP) is 0.348. The lowest BCUT2D eigenvalue weighted by atomic mass is 9.68. The second kappa shape index (κ2) is 1.74. The van der Waals surface area contributed by atoms with E-state index in [1.54, 1.807) is 0 Å².